The molecule has 2 aromatic heterocycles. The molecular weight excluding hydrogens is 466 g/mol. The third-order valence-electron chi connectivity index (χ3n) is 6.37. The van der Waals surface area contributed by atoms with E-state index < -0.39 is 16.0 Å². The van der Waals surface area contributed by atoms with Gasteiger partial charge >= 0.3 is 5.97 Å². The summed E-state index contributed by atoms with van der Waals surface area (Å²) in [5.74, 6) is 0.513. The summed E-state index contributed by atoms with van der Waals surface area (Å²) in [6.07, 6.45) is 4.85. The van der Waals surface area contributed by atoms with Crippen LogP contribution in [0.2, 0.25) is 0 Å². The van der Waals surface area contributed by atoms with Gasteiger partial charge in [-0.2, -0.15) is 0 Å². The first-order valence-electron chi connectivity index (χ1n) is 11.2. The molecule has 0 saturated heterocycles. The summed E-state index contributed by atoms with van der Waals surface area (Å²) in [6, 6.07) is 16.1. The molecular formula is C25H25N5O4S. The van der Waals surface area contributed by atoms with E-state index in [1.165, 1.54) is 13.4 Å². The Morgan fingerprint density at radius 2 is 1.91 bits per heavy atom. The topological polar surface area (TPSA) is 129 Å². The van der Waals surface area contributed by atoms with Crippen LogP contribution in [0.5, 0.6) is 5.75 Å². The largest absolute Gasteiger partial charge is 0.423 e. The van der Waals surface area contributed by atoms with Crippen molar-refractivity contribution >= 4 is 32.8 Å². The van der Waals surface area contributed by atoms with Gasteiger partial charge in [-0.3, -0.25) is 0 Å². The van der Waals surface area contributed by atoms with Gasteiger partial charge in [0.05, 0.1) is 16.7 Å². The molecule has 5 rings (SSSR count). The van der Waals surface area contributed by atoms with E-state index in [1.807, 2.05) is 29.0 Å². The number of sulfonamides is 1. The summed E-state index contributed by atoms with van der Waals surface area (Å²) in [5.41, 5.74) is 9.04. The smallest absolute Gasteiger partial charge is 0.343 e. The highest BCUT2D eigenvalue weighted by Crippen LogP contribution is 2.43. The number of nitrogen functional groups attached to an aromatic ring is 1. The van der Waals surface area contributed by atoms with E-state index in [-0.39, 0.29) is 17.7 Å². The van der Waals surface area contributed by atoms with Gasteiger partial charge in [-0.05, 0) is 55.6 Å². The number of aromatic nitrogens is 3. The molecule has 180 valence electrons. The van der Waals surface area contributed by atoms with E-state index in [1.54, 1.807) is 36.4 Å². The Bertz CT molecular complexity index is 1500. The summed E-state index contributed by atoms with van der Waals surface area (Å²) < 4.78 is 33.8. The molecule has 4 aromatic rings. The quantitative estimate of drug-likeness (QED) is 0.299. The Kier molecular flexibility index (Phi) is 6.00. The van der Waals surface area contributed by atoms with Crippen LogP contribution in [-0.4, -0.2) is 41.7 Å². The highest BCUT2D eigenvalue weighted by Gasteiger charge is 2.35. The van der Waals surface area contributed by atoms with Crippen LogP contribution in [0.25, 0.3) is 22.2 Å². The molecule has 0 bridgehead atoms. The SMILES string of the molecule is CNS(=O)(=O)CC1CC(n2cc(-c3cccc(OC(=O)c4ccccc4)c3)c3c(N)ncnc32)C1. The molecule has 3 N–H and O–H groups in total. The van der Waals surface area contributed by atoms with Gasteiger partial charge in [-0.15, -0.1) is 0 Å². The molecule has 2 aromatic carbocycles. The zero-order chi connectivity index (χ0) is 24.6. The summed E-state index contributed by atoms with van der Waals surface area (Å²) >= 11 is 0. The van der Waals surface area contributed by atoms with Crippen LogP contribution in [0.15, 0.2) is 67.1 Å². The predicted octanol–water partition coefficient (Wildman–Crippen LogP) is 3.40. The summed E-state index contributed by atoms with van der Waals surface area (Å²) in [6.45, 7) is 0. The van der Waals surface area contributed by atoms with E-state index in [0.29, 0.717) is 28.2 Å². The van der Waals surface area contributed by atoms with Crippen molar-refractivity contribution in [3.8, 4) is 16.9 Å². The lowest BCUT2D eigenvalue weighted by molar-refractivity contribution is 0.0735. The molecule has 0 amide bonds. The lowest BCUT2D eigenvalue weighted by Gasteiger charge is -2.36. The highest BCUT2D eigenvalue weighted by molar-refractivity contribution is 7.89. The van der Waals surface area contributed by atoms with Gasteiger partial charge in [0.1, 0.15) is 23.5 Å². The third kappa shape index (κ3) is 4.62. The number of benzene rings is 2. The highest BCUT2D eigenvalue weighted by atomic mass is 32.2. The number of carbonyl (C=O) groups excluding carboxylic acids is 1. The monoisotopic (exact) mass is 491 g/mol. The Morgan fingerprint density at radius 3 is 2.66 bits per heavy atom. The van der Waals surface area contributed by atoms with Gasteiger partial charge in [-0.1, -0.05) is 30.3 Å². The number of carbonyl (C=O) groups is 1. The maximum atomic E-state index is 12.5. The zero-order valence-corrected chi connectivity index (χ0v) is 19.9. The van der Waals surface area contributed by atoms with Gasteiger partial charge in [0.2, 0.25) is 10.0 Å². The fraction of sp³-hybridized carbons (Fsp3) is 0.240. The summed E-state index contributed by atoms with van der Waals surface area (Å²) in [5, 5.41) is 0.713. The van der Waals surface area contributed by atoms with Crippen LogP contribution >= 0.6 is 0 Å². The van der Waals surface area contributed by atoms with E-state index in [0.717, 1.165) is 24.0 Å². The average molecular weight is 492 g/mol. The van der Waals surface area contributed by atoms with Gasteiger partial charge in [0, 0.05) is 17.8 Å². The Balaban J connectivity index is 1.45. The minimum absolute atomic E-state index is 0.0817. The van der Waals surface area contributed by atoms with Crippen LogP contribution in [0.1, 0.15) is 29.2 Å². The number of rotatable bonds is 7. The first kappa shape index (κ1) is 23.0. The Labute approximate surface area is 203 Å². The molecule has 1 saturated carbocycles. The Morgan fingerprint density at radius 1 is 1.14 bits per heavy atom. The number of fused-ring (bicyclic) bond motifs is 1. The second-order valence-electron chi connectivity index (χ2n) is 8.67. The molecule has 0 spiro atoms. The number of hydrogen-bond acceptors (Lipinski definition) is 7. The average Bonchev–Trinajstić information content (AvgIpc) is 3.22. The van der Waals surface area contributed by atoms with Gasteiger partial charge in [0.15, 0.2) is 0 Å². The zero-order valence-electron chi connectivity index (χ0n) is 19.1. The van der Waals surface area contributed by atoms with Crippen molar-refractivity contribution in [2.24, 2.45) is 5.92 Å². The molecule has 10 heteroatoms. The number of nitrogens with one attached hydrogen (secondary N) is 1. The maximum Gasteiger partial charge on any atom is 0.343 e. The lowest BCUT2D eigenvalue weighted by Crippen LogP contribution is -2.35. The first-order chi connectivity index (χ1) is 16.8. The van der Waals surface area contributed by atoms with Gasteiger partial charge in [0.25, 0.3) is 0 Å². The van der Waals surface area contributed by atoms with Crippen molar-refractivity contribution in [1.82, 2.24) is 19.3 Å². The molecule has 2 heterocycles. The van der Waals surface area contributed by atoms with E-state index >= 15 is 0 Å². The number of ether oxygens (including phenoxy) is 1. The molecule has 0 aliphatic heterocycles. The van der Waals surface area contributed by atoms with Crippen molar-refractivity contribution in [3.05, 3.63) is 72.7 Å². The van der Waals surface area contributed by atoms with Crippen LogP contribution in [0, 0.1) is 5.92 Å². The normalized spacial score (nSPS) is 17.7. The van der Waals surface area contributed by atoms with Crippen LogP contribution < -0.4 is 15.2 Å². The van der Waals surface area contributed by atoms with E-state index in [2.05, 4.69) is 14.7 Å². The van der Waals surface area contributed by atoms with Crippen molar-refractivity contribution in [3.63, 3.8) is 0 Å². The molecule has 0 atom stereocenters. The van der Waals surface area contributed by atoms with Gasteiger partial charge < -0.3 is 15.0 Å². The van der Waals surface area contributed by atoms with Crippen LogP contribution in [-0.2, 0) is 10.0 Å². The molecule has 35 heavy (non-hydrogen) atoms. The van der Waals surface area contributed by atoms with Crippen molar-refractivity contribution in [1.29, 1.82) is 0 Å². The van der Waals surface area contributed by atoms with E-state index in [9.17, 15) is 13.2 Å². The summed E-state index contributed by atoms with van der Waals surface area (Å²) in [4.78, 5) is 21.2. The van der Waals surface area contributed by atoms with Crippen molar-refractivity contribution < 1.29 is 17.9 Å². The van der Waals surface area contributed by atoms with Crippen LogP contribution in [0.3, 0.4) is 0 Å². The second kappa shape index (κ2) is 9.12. The molecule has 0 radical (unpaired) electrons. The molecule has 1 fully saturated rings. The fourth-order valence-corrected chi connectivity index (χ4v) is 5.59. The summed E-state index contributed by atoms with van der Waals surface area (Å²) in [7, 11) is -1.82. The minimum atomic E-state index is -3.25. The molecule has 1 aliphatic carbocycles. The predicted molar refractivity (Wildman–Crippen MR) is 133 cm³/mol. The fourth-order valence-electron chi connectivity index (χ4n) is 4.53. The van der Waals surface area contributed by atoms with Gasteiger partial charge in [-0.25, -0.2) is 27.9 Å². The number of anilines is 1. The van der Waals surface area contributed by atoms with Crippen molar-refractivity contribution in [2.45, 2.75) is 18.9 Å². The first-order valence-corrected chi connectivity index (χ1v) is 12.9. The number of nitrogens with two attached hydrogens (primary N) is 1. The number of nitrogens with zero attached hydrogens (tertiary/aromatic N) is 3. The van der Waals surface area contributed by atoms with Crippen molar-refractivity contribution in [2.75, 3.05) is 18.5 Å². The second-order valence-corrected chi connectivity index (χ2v) is 10.6. The Hall–Kier alpha value is -3.76. The number of hydrogen-bond donors (Lipinski definition) is 2. The van der Waals surface area contributed by atoms with E-state index in [4.69, 9.17) is 10.5 Å². The molecule has 1 aliphatic rings. The third-order valence-corrected chi connectivity index (χ3v) is 7.91. The molecule has 0 unspecified atom stereocenters. The van der Waals surface area contributed by atoms with Crippen LogP contribution in [0.4, 0.5) is 5.82 Å². The molecule has 9 nitrogen and oxygen atoms in total. The standard InChI is InChI=1S/C25H25N5O4S/c1-27-35(32,33)14-16-10-19(11-16)30-13-21(22-23(26)28-15-29-24(22)30)18-8-5-9-20(12-18)34-25(31)17-6-3-2-4-7-17/h2-9,12-13,15-16,19,27H,10-11,14H2,1H3,(H2,26,28,29). The lowest BCUT2D eigenvalue weighted by atomic mass is 9.81. The minimum Gasteiger partial charge on any atom is -0.423 e. The number of esters is 1. The maximum absolute atomic E-state index is 12.5.